The van der Waals surface area contributed by atoms with Crippen LogP contribution in [0.4, 0.5) is 14.5 Å². The van der Waals surface area contributed by atoms with Crippen LogP contribution in [0, 0.1) is 11.6 Å². The lowest BCUT2D eigenvalue weighted by Gasteiger charge is -2.21. The van der Waals surface area contributed by atoms with Gasteiger partial charge in [0.05, 0.1) is 0 Å². The molecule has 1 aliphatic rings. The summed E-state index contributed by atoms with van der Waals surface area (Å²) in [5.41, 5.74) is -1.36. The first-order valence-corrected chi connectivity index (χ1v) is 8.70. The third-order valence-electron chi connectivity index (χ3n) is 4.41. The Labute approximate surface area is 159 Å². The number of nitrogens with zero attached hydrogens (tertiary/aromatic N) is 1. The van der Waals surface area contributed by atoms with E-state index in [1.54, 1.807) is 6.07 Å². The molecule has 1 heterocycles. The highest BCUT2D eigenvalue weighted by atomic mass is 35.5. The monoisotopic (exact) mass is 394 g/mol. The lowest BCUT2D eigenvalue weighted by molar-refractivity contribution is -0.149. The second kappa shape index (κ2) is 7.62. The maximum atomic E-state index is 13.4. The summed E-state index contributed by atoms with van der Waals surface area (Å²) in [7, 11) is 0. The molecule has 2 amide bonds. The van der Waals surface area contributed by atoms with Gasteiger partial charge in [-0.15, -0.1) is 0 Å². The number of amides is 2. The van der Waals surface area contributed by atoms with Gasteiger partial charge in [-0.3, -0.25) is 9.59 Å². The van der Waals surface area contributed by atoms with Crippen molar-refractivity contribution in [2.24, 2.45) is 0 Å². The molecule has 0 bridgehead atoms. The quantitative estimate of drug-likeness (QED) is 0.765. The van der Waals surface area contributed by atoms with E-state index >= 15 is 0 Å². The lowest BCUT2D eigenvalue weighted by Crippen LogP contribution is -2.52. The standard InChI is InChI=1S/C19H17ClF2N2O3/c20-13-8-12(9-15(22)10-13)4-6-23-17(25)19(27)5-7-24(18(19)26)16-3-1-2-14(21)11-16/h1-3,8-11,27H,4-7H2,(H,23,25)/t19-/m1/s1. The summed E-state index contributed by atoms with van der Waals surface area (Å²) in [5, 5.41) is 13.3. The third kappa shape index (κ3) is 4.09. The topological polar surface area (TPSA) is 69.6 Å². The van der Waals surface area contributed by atoms with Crippen LogP contribution in [0.1, 0.15) is 12.0 Å². The molecule has 2 aromatic carbocycles. The molecular formula is C19H17ClF2N2O3. The van der Waals surface area contributed by atoms with Crippen LogP contribution in [0.3, 0.4) is 0 Å². The minimum atomic E-state index is -2.22. The highest BCUT2D eigenvalue weighted by Gasteiger charge is 2.51. The van der Waals surface area contributed by atoms with E-state index in [-0.39, 0.29) is 36.6 Å². The van der Waals surface area contributed by atoms with E-state index in [0.29, 0.717) is 5.56 Å². The van der Waals surface area contributed by atoms with Crippen LogP contribution in [0.5, 0.6) is 0 Å². The number of hydrogen-bond donors (Lipinski definition) is 2. The normalized spacial score (nSPS) is 19.4. The number of aliphatic hydroxyl groups is 1. The molecule has 0 unspecified atom stereocenters. The molecule has 1 aliphatic heterocycles. The fraction of sp³-hybridized carbons (Fsp3) is 0.263. The van der Waals surface area contributed by atoms with Crippen LogP contribution < -0.4 is 10.2 Å². The largest absolute Gasteiger partial charge is 0.372 e. The predicted molar refractivity (Wildman–Crippen MR) is 96.4 cm³/mol. The first kappa shape index (κ1) is 19.3. The van der Waals surface area contributed by atoms with E-state index in [4.69, 9.17) is 11.6 Å². The summed E-state index contributed by atoms with van der Waals surface area (Å²) in [4.78, 5) is 26.1. The van der Waals surface area contributed by atoms with Gasteiger partial charge in [0.25, 0.3) is 11.8 Å². The maximum Gasteiger partial charge on any atom is 0.268 e. The molecule has 27 heavy (non-hydrogen) atoms. The van der Waals surface area contributed by atoms with Crippen molar-refractivity contribution in [1.82, 2.24) is 5.32 Å². The zero-order valence-corrected chi connectivity index (χ0v) is 15.0. The second-order valence-electron chi connectivity index (χ2n) is 6.33. The second-order valence-corrected chi connectivity index (χ2v) is 6.77. The zero-order valence-electron chi connectivity index (χ0n) is 14.2. The van der Waals surface area contributed by atoms with Gasteiger partial charge in [0.1, 0.15) is 11.6 Å². The number of carbonyl (C=O) groups is 2. The molecule has 142 valence electrons. The van der Waals surface area contributed by atoms with Gasteiger partial charge >= 0.3 is 0 Å². The lowest BCUT2D eigenvalue weighted by atomic mass is 10.0. The van der Waals surface area contributed by atoms with E-state index < -0.39 is 29.0 Å². The molecule has 8 heteroatoms. The highest BCUT2D eigenvalue weighted by Crippen LogP contribution is 2.29. The SMILES string of the molecule is O=C(NCCc1cc(F)cc(Cl)c1)[C@]1(O)CCN(c2cccc(F)c2)C1=O. The maximum absolute atomic E-state index is 13.4. The molecule has 5 nitrogen and oxygen atoms in total. The van der Waals surface area contributed by atoms with Crippen molar-refractivity contribution >= 4 is 29.1 Å². The van der Waals surface area contributed by atoms with Gasteiger partial charge in [0.15, 0.2) is 0 Å². The molecule has 2 aromatic rings. The Morgan fingerprint density at radius 2 is 2.00 bits per heavy atom. The molecule has 2 N–H and O–H groups in total. The van der Waals surface area contributed by atoms with Crippen LogP contribution in [0.2, 0.25) is 5.02 Å². The molecule has 0 radical (unpaired) electrons. The van der Waals surface area contributed by atoms with Crippen LogP contribution in [-0.2, 0) is 16.0 Å². The number of benzene rings is 2. The Kier molecular flexibility index (Phi) is 5.43. The van der Waals surface area contributed by atoms with Gasteiger partial charge in [0, 0.05) is 30.2 Å². The summed E-state index contributed by atoms with van der Waals surface area (Å²) in [6, 6.07) is 9.40. The van der Waals surface area contributed by atoms with Gasteiger partial charge in [-0.1, -0.05) is 17.7 Å². The van der Waals surface area contributed by atoms with Crippen LogP contribution >= 0.6 is 11.6 Å². The fourth-order valence-electron chi connectivity index (χ4n) is 3.03. The summed E-state index contributed by atoms with van der Waals surface area (Å²) < 4.78 is 26.7. The van der Waals surface area contributed by atoms with Crippen LogP contribution in [0.25, 0.3) is 0 Å². The molecule has 0 aliphatic carbocycles. The van der Waals surface area contributed by atoms with E-state index in [1.807, 2.05) is 0 Å². The van der Waals surface area contributed by atoms with Gasteiger partial charge in [-0.05, 0) is 48.4 Å². The van der Waals surface area contributed by atoms with Crippen molar-refractivity contribution < 1.29 is 23.5 Å². The van der Waals surface area contributed by atoms with Crippen LogP contribution in [-0.4, -0.2) is 35.6 Å². The molecule has 0 spiro atoms. The molecule has 0 aromatic heterocycles. The highest BCUT2D eigenvalue weighted by molar-refractivity contribution is 6.30. The summed E-state index contributed by atoms with van der Waals surface area (Å²) >= 11 is 5.78. The summed E-state index contributed by atoms with van der Waals surface area (Å²) in [5.74, 6) is -2.65. The minimum absolute atomic E-state index is 0.0890. The Hall–Kier alpha value is -2.51. The number of nitrogens with one attached hydrogen (secondary N) is 1. The molecule has 1 saturated heterocycles. The molecule has 1 fully saturated rings. The Bertz CT molecular complexity index is 873. The van der Waals surface area contributed by atoms with Gasteiger partial charge in [-0.2, -0.15) is 0 Å². The van der Waals surface area contributed by atoms with Crippen molar-refractivity contribution in [3.63, 3.8) is 0 Å². The van der Waals surface area contributed by atoms with E-state index in [9.17, 15) is 23.5 Å². The average molecular weight is 395 g/mol. The first-order chi connectivity index (χ1) is 12.8. The van der Waals surface area contributed by atoms with Crippen molar-refractivity contribution in [2.45, 2.75) is 18.4 Å². The van der Waals surface area contributed by atoms with Crippen molar-refractivity contribution in [3.8, 4) is 0 Å². The number of halogens is 3. The number of hydrogen-bond acceptors (Lipinski definition) is 3. The molecule has 0 saturated carbocycles. The molecular weight excluding hydrogens is 378 g/mol. The van der Waals surface area contributed by atoms with Crippen LogP contribution in [0.15, 0.2) is 42.5 Å². The Morgan fingerprint density at radius 3 is 2.70 bits per heavy atom. The third-order valence-corrected chi connectivity index (χ3v) is 4.63. The Morgan fingerprint density at radius 1 is 1.22 bits per heavy atom. The fourth-order valence-corrected chi connectivity index (χ4v) is 3.27. The van der Waals surface area contributed by atoms with Crippen molar-refractivity contribution in [2.75, 3.05) is 18.0 Å². The van der Waals surface area contributed by atoms with Gasteiger partial charge in [0.2, 0.25) is 5.60 Å². The Balaban J connectivity index is 1.63. The number of anilines is 1. The van der Waals surface area contributed by atoms with Gasteiger partial charge in [-0.25, -0.2) is 8.78 Å². The summed E-state index contributed by atoms with van der Waals surface area (Å²) in [6.07, 6.45) is 0.168. The van der Waals surface area contributed by atoms with E-state index in [0.717, 1.165) is 6.07 Å². The van der Waals surface area contributed by atoms with E-state index in [2.05, 4.69) is 5.32 Å². The smallest absolute Gasteiger partial charge is 0.268 e. The number of rotatable bonds is 5. The first-order valence-electron chi connectivity index (χ1n) is 8.33. The van der Waals surface area contributed by atoms with E-state index in [1.165, 1.54) is 35.2 Å². The van der Waals surface area contributed by atoms with Crippen molar-refractivity contribution in [1.29, 1.82) is 0 Å². The van der Waals surface area contributed by atoms with Crippen molar-refractivity contribution in [3.05, 3.63) is 64.7 Å². The zero-order chi connectivity index (χ0) is 19.6. The number of carbonyl (C=O) groups excluding carboxylic acids is 2. The molecule has 3 rings (SSSR count). The predicted octanol–water partition coefficient (Wildman–Crippen LogP) is 2.44. The molecule has 1 atom stereocenters. The van der Waals surface area contributed by atoms with Gasteiger partial charge < -0.3 is 15.3 Å². The minimum Gasteiger partial charge on any atom is -0.372 e. The summed E-state index contributed by atoms with van der Waals surface area (Å²) in [6.45, 7) is 0.180. The average Bonchev–Trinajstić information content (AvgIpc) is 2.90.